The number of aromatic nitrogens is 2. The van der Waals surface area contributed by atoms with Gasteiger partial charge < -0.3 is 4.74 Å². The van der Waals surface area contributed by atoms with Crippen LogP contribution in [0.15, 0.2) is 36.5 Å². The molecule has 1 aromatic carbocycles. The van der Waals surface area contributed by atoms with E-state index in [1.165, 1.54) is 19.3 Å². The van der Waals surface area contributed by atoms with Gasteiger partial charge in [-0.1, -0.05) is 18.6 Å². The summed E-state index contributed by atoms with van der Waals surface area (Å²) in [6.07, 6.45) is 7.60. The van der Waals surface area contributed by atoms with Gasteiger partial charge in [-0.05, 0) is 48.8 Å². The zero-order valence-corrected chi connectivity index (χ0v) is 14.6. The molecular formula is C20H23N3O2. The number of benzene rings is 1. The van der Waals surface area contributed by atoms with Crippen molar-refractivity contribution in [2.24, 2.45) is 5.41 Å². The van der Waals surface area contributed by atoms with Crippen LogP contribution in [-0.2, 0) is 16.8 Å². The lowest BCUT2D eigenvalue weighted by molar-refractivity contribution is -0.139. The van der Waals surface area contributed by atoms with Crippen molar-refractivity contribution >= 4 is 11.7 Å². The van der Waals surface area contributed by atoms with Crippen LogP contribution >= 0.6 is 0 Å². The minimum atomic E-state index is -0.383. The highest BCUT2D eigenvalue weighted by atomic mass is 16.5. The lowest BCUT2D eigenvalue weighted by atomic mass is 9.43. The molecule has 0 N–H and O–H groups in total. The number of hydrogen-bond donors (Lipinski definition) is 0. The molecule has 2 saturated carbocycles. The fourth-order valence-corrected chi connectivity index (χ4v) is 5.15. The van der Waals surface area contributed by atoms with E-state index >= 15 is 0 Å². The second-order valence-corrected chi connectivity index (χ2v) is 7.89. The van der Waals surface area contributed by atoms with Crippen LogP contribution in [0.1, 0.15) is 37.7 Å². The molecule has 1 aliphatic heterocycles. The van der Waals surface area contributed by atoms with Gasteiger partial charge in [0.1, 0.15) is 11.6 Å². The maximum absolute atomic E-state index is 13.6. The first kappa shape index (κ1) is 15.0. The van der Waals surface area contributed by atoms with E-state index in [-0.39, 0.29) is 11.3 Å². The number of amides is 1. The third-order valence-corrected chi connectivity index (χ3v) is 6.57. The fourth-order valence-electron chi connectivity index (χ4n) is 5.15. The molecule has 2 fully saturated rings. The van der Waals surface area contributed by atoms with Crippen LogP contribution in [0.5, 0.6) is 5.75 Å². The van der Waals surface area contributed by atoms with Crippen molar-refractivity contribution in [1.82, 2.24) is 9.78 Å². The van der Waals surface area contributed by atoms with Crippen LogP contribution in [0.3, 0.4) is 0 Å². The normalized spacial score (nSPS) is 22.2. The van der Waals surface area contributed by atoms with Crippen LogP contribution in [0, 0.1) is 5.41 Å². The Kier molecular flexibility index (Phi) is 3.06. The number of rotatable bonds is 3. The summed E-state index contributed by atoms with van der Waals surface area (Å²) in [5, 5.41) is 4.31. The van der Waals surface area contributed by atoms with E-state index in [2.05, 4.69) is 17.2 Å². The minimum Gasteiger partial charge on any atom is -0.497 e. The number of carbonyl (C=O) groups is 1. The molecule has 2 heterocycles. The number of ether oxygens (including phenoxy) is 1. The SMILES string of the molecule is COc1ccc(C2(C(=O)N3CCn4nccc43)CC3(CCC3)C2)cc1. The molecule has 25 heavy (non-hydrogen) atoms. The highest BCUT2D eigenvalue weighted by Gasteiger charge is 2.62. The van der Waals surface area contributed by atoms with Gasteiger partial charge in [-0.15, -0.1) is 0 Å². The molecule has 5 rings (SSSR count). The van der Waals surface area contributed by atoms with E-state index < -0.39 is 0 Å². The lowest BCUT2D eigenvalue weighted by Gasteiger charge is -2.61. The molecule has 130 valence electrons. The van der Waals surface area contributed by atoms with Gasteiger partial charge in [0.15, 0.2) is 0 Å². The van der Waals surface area contributed by atoms with E-state index in [9.17, 15) is 4.79 Å². The van der Waals surface area contributed by atoms with Crippen molar-refractivity contribution in [2.45, 2.75) is 44.1 Å². The fraction of sp³-hybridized carbons (Fsp3) is 0.500. The summed E-state index contributed by atoms with van der Waals surface area (Å²) in [5.41, 5.74) is 1.16. The third-order valence-electron chi connectivity index (χ3n) is 6.57. The Morgan fingerprint density at radius 1 is 1.12 bits per heavy atom. The first-order valence-electron chi connectivity index (χ1n) is 9.14. The largest absolute Gasteiger partial charge is 0.497 e. The average Bonchev–Trinajstić information content (AvgIpc) is 3.16. The van der Waals surface area contributed by atoms with E-state index in [0.717, 1.165) is 43.1 Å². The van der Waals surface area contributed by atoms with E-state index in [0.29, 0.717) is 5.41 Å². The maximum Gasteiger partial charge on any atom is 0.238 e. The average molecular weight is 337 g/mol. The van der Waals surface area contributed by atoms with Gasteiger partial charge in [0.05, 0.1) is 25.3 Å². The lowest BCUT2D eigenvalue weighted by Crippen LogP contribution is -2.61. The van der Waals surface area contributed by atoms with Gasteiger partial charge in [-0.2, -0.15) is 5.10 Å². The molecule has 0 atom stereocenters. The van der Waals surface area contributed by atoms with Crippen molar-refractivity contribution in [3.8, 4) is 5.75 Å². The summed E-state index contributed by atoms with van der Waals surface area (Å²) >= 11 is 0. The number of hydrogen-bond acceptors (Lipinski definition) is 3. The van der Waals surface area contributed by atoms with Crippen LogP contribution in [0.25, 0.3) is 0 Å². The van der Waals surface area contributed by atoms with E-state index in [1.807, 2.05) is 27.8 Å². The molecule has 0 radical (unpaired) electrons. The highest BCUT2D eigenvalue weighted by Crippen LogP contribution is 2.65. The van der Waals surface area contributed by atoms with Crippen LogP contribution in [0.4, 0.5) is 5.82 Å². The smallest absolute Gasteiger partial charge is 0.238 e. The first-order valence-corrected chi connectivity index (χ1v) is 9.14. The van der Waals surface area contributed by atoms with Gasteiger partial charge in [-0.25, -0.2) is 4.68 Å². The van der Waals surface area contributed by atoms with E-state index in [4.69, 9.17) is 4.74 Å². The molecule has 5 heteroatoms. The minimum absolute atomic E-state index is 0.245. The Bertz CT molecular complexity index is 812. The first-order chi connectivity index (χ1) is 12.2. The molecule has 3 aliphatic rings. The molecule has 5 nitrogen and oxygen atoms in total. The summed E-state index contributed by atoms with van der Waals surface area (Å²) in [6, 6.07) is 10.1. The highest BCUT2D eigenvalue weighted by molar-refractivity contribution is 6.02. The Morgan fingerprint density at radius 2 is 1.88 bits per heavy atom. The van der Waals surface area contributed by atoms with Gasteiger partial charge in [0, 0.05) is 12.6 Å². The van der Waals surface area contributed by atoms with Crippen LogP contribution in [-0.4, -0.2) is 29.3 Å². The molecule has 1 spiro atoms. The van der Waals surface area contributed by atoms with Gasteiger partial charge in [-0.3, -0.25) is 9.69 Å². The van der Waals surface area contributed by atoms with Crippen molar-refractivity contribution < 1.29 is 9.53 Å². The van der Waals surface area contributed by atoms with Gasteiger partial charge in [0.2, 0.25) is 5.91 Å². The molecule has 2 aliphatic carbocycles. The maximum atomic E-state index is 13.6. The molecule has 0 saturated heterocycles. The number of carbonyl (C=O) groups excluding carboxylic acids is 1. The second kappa shape index (κ2) is 5.10. The number of methoxy groups -OCH3 is 1. The standard InChI is InChI=1S/C20H23N3O2/c1-25-16-5-3-15(4-6-16)20(13-19(14-20)8-2-9-19)18(24)22-11-12-23-17(22)7-10-21-23/h3-7,10H,2,8-9,11-14H2,1H3. The van der Waals surface area contributed by atoms with Crippen LogP contribution in [0.2, 0.25) is 0 Å². The zero-order chi connectivity index (χ0) is 17.1. The number of anilines is 1. The molecule has 1 aromatic heterocycles. The molecule has 0 unspecified atom stereocenters. The third kappa shape index (κ3) is 2.01. The quantitative estimate of drug-likeness (QED) is 0.864. The van der Waals surface area contributed by atoms with Gasteiger partial charge in [0.25, 0.3) is 0 Å². The van der Waals surface area contributed by atoms with Crippen molar-refractivity contribution in [3.05, 3.63) is 42.1 Å². The summed E-state index contributed by atoms with van der Waals surface area (Å²) in [7, 11) is 1.67. The molecule has 1 amide bonds. The van der Waals surface area contributed by atoms with Crippen molar-refractivity contribution in [3.63, 3.8) is 0 Å². The zero-order valence-electron chi connectivity index (χ0n) is 14.6. The summed E-state index contributed by atoms with van der Waals surface area (Å²) in [6.45, 7) is 1.52. The molecule has 2 aromatic rings. The summed E-state index contributed by atoms with van der Waals surface area (Å²) in [5.74, 6) is 2.02. The molecular weight excluding hydrogens is 314 g/mol. The number of nitrogens with zero attached hydrogens (tertiary/aromatic N) is 3. The Balaban J connectivity index is 1.51. The Morgan fingerprint density at radius 3 is 2.52 bits per heavy atom. The van der Waals surface area contributed by atoms with E-state index in [1.54, 1.807) is 13.3 Å². The monoisotopic (exact) mass is 337 g/mol. The summed E-state index contributed by atoms with van der Waals surface area (Å²) in [4.78, 5) is 15.6. The van der Waals surface area contributed by atoms with Crippen molar-refractivity contribution in [1.29, 1.82) is 0 Å². The summed E-state index contributed by atoms with van der Waals surface area (Å²) < 4.78 is 7.22. The molecule has 0 bridgehead atoms. The van der Waals surface area contributed by atoms with Crippen LogP contribution < -0.4 is 9.64 Å². The topological polar surface area (TPSA) is 47.4 Å². The Labute approximate surface area is 147 Å². The predicted molar refractivity (Wildman–Crippen MR) is 94.8 cm³/mol. The Hall–Kier alpha value is -2.30. The number of fused-ring (bicyclic) bond motifs is 1. The second-order valence-electron chi connectivity index (χ2n) is 7.89. The van der Waals surface area contributed by atoms with Crippen molar-refractivity contribution in [2.75, 3.05) is 18.6 Å². The van der Waals surface area contributed by atoms with Gasteiger partial charge >= 0.3 is 0 Å². The predicted octanol–water partition coefficient (Wildman–Crippen LogP) is 3.14.